The molecule has 82 heavy (non-hydrogen) atoms. The van der Waals surface area contributed by atoms with Gasteiger partial charge in [-0.25, -0.2) is 0 Å². The molecule has 0 N–H and O–H groups in total. The maximum atomic E-state index is 13.0. The average molecular weight is 1140 g/mol. The van der Waals surface area contributed by atoms with E-state index in [-0.39, 0.29) is 31.1 Å². The molecule has 0 aromatic heterocycles. The van der Waals surface area contributed by atoms with Gasteiger partial charge in [-0.1, -0.05) is 323 Å². The Bertz CT molecular complexity index is 1590. The molecule has 0 saturated heterocycles. The Morgan fingerprint density at radius 3 is 0.744 bits per heavy atom. The molecule has 0 aromatic carbocycles. The van der Waals surface area contributed by atoms with Gasteiger partial charge in [0.15, 0.2) is 6.10 Å². The molecule has 0 aromatic rings. The number of esters is 3. The Labute approximate surface area is 508 Å². The van der Waals surface area contributed by atoms with Crippen LogP contribution in [-0.2, 0) is 28.6 Å². The van der Waals surface area contributed by atoms with E-state index >= 15 is 0 Å². The van der Waals surface area contributed by atoms with Gasteiger partial charge in [0.05, 0.1) is 0 Å². The van der Waals surface area contributed by atoms with E-state index in [4.69, 9.17) is 14.2 Å². The SMILES string of the molecule is CC/C=C\C/C=C\C/C=C\C/C=C\C/C=C\CCCCCCCC(=O)OC(COC(=O)CCCCCCCC/C=C\C/C=C\C/C=C\CCCCCCC)COC(=O)CCCCCCCCCCCCCCCCCCCCCCCC. The summed E-state index contributed by atoms with van der Waals surface area (Å²) in [5, 5.41) is 0. The lowest BCUT2D eigenvalue weighted by Crippen LogP contribution is -2.30. The highest BCUT2D eigenvalue weighted by molar-refractivity contribution is 5.71. The van der Waals surface area contributed by atoms with Crippen molar-refractivity contribution < 1.29 is 28.6 Å². The Morgan fingerprint density at radius 1 is 0.256 bits per heavy atom. The van der Waals surface area contributed by atoms with Crippen molar-refractivity contribution in [2.45, 2.75) is 354 Å². The molecule has 472 valence electrons. The minimum Gasteiger partial charge on any atom is -0.462 e. The van der Waals surface area contributed by atoms with Crippen LogP contribution in [0.1, 0.15) is 348 Å². The fraction of sp³-hybridized carbons (Fsp3) is 0.750. The zero-order chi connectivity index (χ0) is 59.2. The first-order valence-corrected chi connectivity index (χ1v) is 35.2. The minimum atomic E-state index is -0.796. The molecule has 0 aliphatic rings. The fourth-order valence-corrected chi connectivity index (χ4v) is 10.1. The number of hydrogen-bond donors (Lipinski definition) is 0. The molecule has 0 heterocycles. The number of carbonyl (C=O) groups excluding carboxylic acids is 3. The lowest BCUT2D eigenvalue weighted by atomic mass is 10.0. The number of unbranched alkanes of at least 4 members (excludes halogenated alkanes) is 37. The molecule has 0 saturated carbocycles. The maximum Gasteiger partial charge on any atom is 0.306 e. The van der Waals surface area contributed by atoms with E-state index in [0.29, 0.717) is 19.3 Å². The third kappa shape index (κ3) is 67.1. The lowest BCUT2D eigenvalue weighted by Gasteiger charge is -2.18. The van der Waals surface area contributed by atoms with E-state index in [0.717, 1.165) is 128 Å². The molecular weight excluding hydrogens is 1010 g/mol. The first-order chi connectivity index (χ1) is 40.5. The summed E-state index contributed by atoms with van der Waals surface area (Å²) in [6.45, 7) is 6.54. The van der Waals surface area contributed by atoms with E-state index in [1.54, 1.807) is 0 Å². The molecule has 0 amide bonds. The van der Waals surface area contributed by atoms with Crippen LogP contribution < -0.4 is 0 Å². The summed E-state index contributed by atoms with van der Waals surface area (Å²) in [4.78, 5) is 38.5. The van der Waals surface area contributed by atoms with E-state index < -0.39 is 6.10 Å². The maximum absolute atomic E-state index is 13.0. The largest absolute Gasteiger partial charge is 0.462 e. The van der Waals surface area contributed by atoms with Crippen molar-refractivity contribution in [2.75, 3.05) is 13.2 Å². The van der Waals surface area contributed by atoms with Crippen LogP contribution in [0.5, 0.6) is 0 Å². The van der Waals surface area contributed by atoms with Crippen LogP contribution in [0.15, 0.2) is 97.2 Å². The number of carbonyl (C=O) groups is 3. The van der Waals surface area contributed by atoms with E-state index in [1.807, 2.05) is 0 Å². The Hall–Kier alpha value is -3.67. The highest BCUT2D eigenvalue weighted by Crippen LogP contribution is 2.17. The highest BCUT2D eigenvalue weighted by Gasteiger charge is 2.19. The summed E-state index contributed by atoms with van der Waals surface area (Å²) >= 11 is 0. The molecule has 0 radical (unpaired) electrons. The Morgan fingerprint density at radius 2 is 0.476 bits per heavy atom. The van der Waals surface area contributed by atoms with Crippen molar-refractivity contribution in [3.05, 3.63) is 97.2 Å². The minimum absolute atomic E-state index is 0.0875. The van der Waals surface area contributed by atoms with Crippen molar-refractivity contribution >= 4 is 17.9 Å². The molecule has 0 aliphatic carbocycles. The number of ether oxygens (including phenoxy) is 3. The van der Waals surface area contributed by atoms with Crippen LogP contribution in [-0.4, -0.2) is 37.2 Å². The van der Waals surface area contributed by atoms with Gasteiger partial charge in [0.1, 0.15) is 13.2 Å². The summed E-state index contributed by atoms with van der Waals surface area (Å²) in [6.07, 6.45) is 94.2. The second kappa shape index (κ2) is 69.8. The second-order valence-electron chi connectivity index (χ2n) is 23.4. The van der Waals surface area contributed by atoms with E-state index in [9.17, 15) is 14.4 Å². The second-order valence-corrected chi connectivity index (χ2v) is 23.4. The standard InChI is InChI=1S/C76H132O6/c1-4-7-10-13-16-19-22-25-28-31-34-37-40-42-45-48-51-54-57-60-63-66-69-75(78)81-72-73(82-76(79)70-67-64-61-58-55-52-49-46-43-39-36-33-30-27-24-21-18-15-12-9-6-3)71-80-74(77)68-65-62-59-56-53-50-47-44-41-38-35-32-29-26-23-20-17-14-11-8-5-2/h9,12,18,21,23,26-27,30,32,35-36,39,41,44,46,49,73H,4-8,10-11,13-17,19-20,22,24-25,28-29,31,33-34,37-38,40,42-43,45,47-48,50-72H2,1-3H3/b12-9-,21-18-,26-23-,30-27-,35-32-,39-36-,44-41-,49-46-. The summed E-state index contributed by atoms with van der Waals surface area (Å²) in [6, 6.07) is 0. The first-order valence-electron chi connectivity index (χ1n) is 35.2. The zero-order valence-corrected chi connectivity index (χ0v) is 54.2. The quantitative estimate of drug-likeness (QED) is 0.0261. The van der Waals surface area contributed by atoms with Gasteiger partial charge in [0, 0.05) is 19.3 Å². The number of hydrogen-bond acceptors (Lipinski definition) is 6. The summed E-state index contributed by atoms with van der Waals surface area (Å²) in [7, 11) is 0. The molecule has 0 bridgehead atoms. The molecule has 1 atom stereocenters. The molecule has 0 rings (SSSR count). The molecule has 6 nitrogen and oxygen atoms in total. The third-order valence-corrected chi connectivity index (χ3v) is 15.3. The predicted octanol–water partition coefficient (Wildman–Crippen LogP) is 24.4. The molecule has 0 spiro atoms. The fourth-order valence-electron chi connectivity index (χ4n) is 10.1. The van der Waals surface area contributed by atoms with Gasteiger partial charge in [-0.2, -0.15) is 0 Å². The summed E-state index contributed by atoms with van der Waals surface area (Å²) < 4.78 is 17.0. The van der Waals surface area contributed by atoms with Crippen LogP contribution in [0.3, 0.4) is 0 Å². The average Bonchev–Trinajstić information content (AvgIpc) is 3.47. The Kier molecular flexibility index (Phi) is 66.7. The number of allylic oxidation sites excluding steroid dienone is 16. The normalized spacial score (nSPS) is 12.7. The Balaban J connectivity index is 4.42. The summed E-state index contributed by atoms with van der Waals surface area (Å²) in [5.74, 6) is -0.902. The zero-order valence-electron chi connectivity index (χ0n) is 54.2. The topological polar surface area (TPSA) is 78.9 Å². The van der Waals surface area contributed by atoms with Crippen molar-refractivity contribution in [1.82, 2.24) is 0 Å². The van der Waals surface area contributed by atoms with Gasteiger partial charge in [-0.15, -0.1) is 0 Å². The highest BCUT2D eigenvalue weighted by atomic mass is 16.6. The van der Waals surface area contributed by atoms with Crippen molar-refractivity contribution in [3.63, 3.8) is 0 Å². The predicted molar refractivity (Wildman–Crippen MR) is 357 cm³/mol. The third-order valence-electron chi connectivity index (χ3n) is 15.3. The lowest BCUT2D eigenvalue weighted by molar-refractivity contribution is -0.167. The molecule has 1 unspecified atom stereocenters. The molecule has 0 aliphatic heterocycles. The van der Waals surface area contributed by atoms with Gasteiger partial charge < -0.3 is 14.2 Å². The van der Waals surface area contributed by atoms with Crippen LogP contribution in [0.4, 0.5) is 0 Å². The van der Waals surface area contributed by atoms with Crippen molar-refractivity contribution in [1.29, 1.82) is 0 Å². The monoisotopic (exact) mass is 1140 g/mol. The number of rotatable bonds is 64. The van der Waals surface area contributed by atoms with Gasteiger partial charge in [-0.05, 0) is 103 Å². The molecular formula is C76H132O6. The van der Waals surface area contributed by atoms with Crippen molar-refractivity contribution in [2.24, 2.45) is 0 Å². The van der Waals surface area contributed by atoms with Crippen LogP contribution in [0, 0.1) is 0 Å². The van der Waals surface area contributed by atoms with Crippen LogP contribution in [0.25, 0.3) is 0 Å². The molecule has 0 fully saturated rings. The van der Waals surface area contributed by atoms with Gasteiger partial charge in [-0.3, -0.25) is 14.4 Å². The van der Waals surface area contributed by atoms with Gasteiger partial charge >= 0.3 is 17.9 Å². The van der Waals surface area contributed by atoms with Crippen LogP contribution >= 0.6 is 0 Å². The van der Waals surface area contributed by atoms with Crippen molar-refractivity contribution in [3.8, 4) is 0 Å². The van der Waals surface area contributed by atoms with E-state index in [2.05, 4.69) is 118 Å². The van der Waals surface area contributed by atoms with E-state index in [1.165, 1.54) is 180 Å². The summed E-state index contributed by atoms with van der Waals surface area (Å²) in [5.41, 5.74) is 0. The smallest absolute Gasteiger partial charge is 0.306 e. The molecule has 6 heteroatoms. The van der Waals surface area contributed by atoms with Gasteiger partial charge in [0.25, 0.3) is 0 Å². The van der Waals surface area contributed by atoms with Gasteiger partial charge in [0.2, 0.25) is 0 Å². The van der Waals surface area contributed by atoms with Crippen LogP contribution in [0.2, 0.25) is 0 Å². The first kappa shape index (κ1) is 78.3.